The molecule has 1 aromatic heterocycles. The van der Waals surface area contributed by atoms with Crippen LogP contribution in [-0.2, 0) is 4.79 Å². The Hall–Kier alpha value is -1.40. The van der Waals surface area contributed by atoms with Crippen molar-refractivity contribution >= 4 is 34.7 Å². The molecule has 2 bridgehead atoms. The molecular weight excluding hydrogens is 326 g/mol. The van der Waals surface area contributed by atoms with Crippen LogP contribution in [-0.4, -0.2) is 16.1 Å². The molecule has 2 aliphatic rings. The summed E-state index contributed by atoms with van der Waals surface area (Å²) in [5.74, 6) is 2.47. The fourth-order valence-electron chi connectivity index (χ4n) is 3.99. The van der Waals surface area contributed by atoms with Gasteiger partial charge in [0.15, 0.2) is 4.34 Å². The molecule has 0 radical (unpaired) electrons. The highest BCUT2D eigenvalue weighted by molar-refractivity contribution is 8.01. The lowest BCUT2D eigenvalue weighted by Crippen LogP contribution is -2.20. The summed E-state index contributed by atoms with van der Waals surface area (Å²) < 4.78 is 0.929. The third kappa shape index (κ3) is 3.58. The standard InChI is InChI=1S/C17H19N3OS2/c21-16(9-13-8-11-1-2-12(13)7-11)19-14-3-5-15(6-4-14)23-17-20-18-10-22-17/h3-6,10-13H,1-2,7-9H2,(H,19,21)/t11-,12-,13+/m0/s1. The summed E-state index contributed by atoms with van der Waals surface area (Å²) in [5.41, 5.74) is 2.60. The van der Waals surface area contributed by atoms with E-state index in [0.717, 1.165) is 26.8 Å². The molecular formula is C17H19N3OS2. The lowest BCUT2D eigenvalue weighted by atomic mass is 9.86. The number of amides is 1. The minimum atomic E-state index is 0.159. The summed E-state index contributed by atoms with van der Waals surface area (Å²) in [5, 5.41) is 10.9. The number of aromatic nitrogens is 2. The van der Waals surface area contributed by atoms with E-state index < -0.39 is 0 Å². The van der Waals surface area contributed by atoms with Gasteiger partial charge in [0.05, 0.1) is 0 Å². The smallest absolute Gasteiger partial charge is 0.224 e. The first kappa shape index (κ1) is 15.1. The highest BCUT2D eigenvalue weighted by Gasteiger charge is 2.40. The van der Waals surface area contributed by atoms with Crippen molar-refractivity contribution in [3.8, 4) is 0 Å². The predicted molar refractivity (Wildman–Crippen MR) is 92.7 cm³/mol. The molecule has 3 atom stereocenters. The van der Waals surface area contributed by atoms with Crippen LogP contribution < -0.4 is 5.32 Å². The van der Waals surface area contributed by atoms with Crippen molar-refractivity contribution in [1.82, 2.24) is 10.2 Å². The molecule has 1 amide bonds. The van der Waals surface area contributed by atoms with Crippen LogP contribution >= 0.6 is 23.1 Å². The highest BCUT2D eigenvalue weighted by Crippen LogP contribution is 2.49. The maximum Gasteiger partial charge on any atom is 0.224 e. The number of fused-ring (bicyclic) bond motifs is 2. The molecule has 2 aliphatic carbocycles. The molecule has 1 N–H and O–H groups in total. The highest BCUT2D eigenvalue weighted by atomic mass is 32.2. The van der Waals surface area contributed by atoms with Crippen molar-refractivity contribution in [3.05, 3.63) is 29.8 Å². The molecule has 120 valence electrons. The van der Waals surface area contributed by atoms with Crippen molar-refractivity contribution in [1.29, 1.82) is 0 Å². The Labute approximate surface area is 144 Å². The van der Waals surface area contributed by atoms with Gasteiger partial charge in [-0.05, 0) is 61.3 Å². The Kier molecular flexibility index (Phi) is 4.35. The first-order valence-corrected chi connectivity index (χ1v) is 9.80. The van der Waals surface area contributed by atoms with Gasteiger partial charge in [0.1, 0.15) is 5.51 Å². The molecule has 6 heteroatoms. The van der Waals surface area contributed by atoms with Crippen molar-refractivity contribution in [2.45, 2.75) is 41.3 Å². The molecule has 1 aromatic carbocycles. The van der Waals surface area contributed by atoms with Crippen LogP contribution in [0, 0.1) is 17.8 Å². The van der Waals surface area contributed by atoms with Crippen LogP contribution in [0.5, 0.6) is 0 Å². The Morgan fingerprint density at radius 1 is 1.26 bits per heavy atom. The number of hydrogen-bond acceptors (Lipinski definition) is 5. The normalized spacial score (nSPS) is 25.7. The molecule has 0 spiro atoms. The van der Waals surface area contributed by atoms with E-state index in [1.165, 1.54) is 37.0 Å². The van der Waals surface area contributed by atoms with Gasteiger partial charge >= 0.3 is 0 Å². The summed E-state index contributed by atoms with van der Waals surface area (Å²) in [6.45, 7) is 0. The van der Waals surface area contributed by atoms with Gasteiger partial charge < -0.3 is 5.32 Å². The molecule has 0 aliphatic heterocycles. The molecule has 4 rings (SSSR count). The Balaban J connectivity index is 1.31. The molecule has 2 fully saturated rings. The molecule has 23 heavy (non-hydrogen) atoms. The Morgan fingerprint density at radius 2 is 2.13 bits per heavy atom. The van der Waals surface area contributed by atoms with Crippen LogP contribution in [0.3, 0.4) is 0 Å². The predicted octanol–water partition coefficient (Wildman–Crippen LogP) is 4.45. The van der Waals surface area contributed by atoms with Crippen molar-refractivity contribution < 1.29 is 4.79 Å². The van der Waals surface area contributed by atoms with Gasteiger partial charge in [0, 0.05) is 17.0 Å². The fourth-order valence-corrected chi connectivity index (χ4v) is 5.44. The van der Waals surface area contributed by atoms with Gasteiger partial charge in [-0.3, -0.25) is 4.79 Å². The molecule has 1 heterocycles. The summed E-state index contributed by atoms with van der Waals surface area (Å²) in [6, 6.07) is 7.95. The van der Waals surface area contributed by atoms with Crippen LogP contribution in [0.2, 0.25) is 0 Å². The van der Waals surface area contributed by atoms with E-state index in [9.17, 15) is 4.79 Å². The topological polar surface area (TPSA) is 54.9 Å². The third-order valence-electron chi connectivity index (χ3n) is 5.02. The molecule has 2 saturated carbocycles. The summed E-state index contributed by atoms with van der Waals surface area (Å²) in [4.78, 5) is 13.4. The molecule has 4 nitrogen and oxygen atoms in total. The Morgan fingerprint density at radius 3 is 2.78 bits per heavy atom. The minimum absolute atomic E-state index is 0.159. The van der Waals surface area contributed by atoms with Crippen LogP contribution in [0.4, 0.5) is 5.69 Å². The van der Waals surface area contributed by atoms with E-state index in [4.69, 9.17) is 0 Å². The number of rotatable bonds is 5. The average molecular weight is 345 g/mol. The molecule has 0 saturated heterocycles. The zero-order chi connectivity index (χ0) is 15.6. The van der Waals surface area contributed by atoms with Gasteiger partial charge in [-0.15, -0.1) is 10.2 Å². The Bertz CT molecular complexity index is 672. The van der Waals surface area contributed by atoms with Crippen LogP contribution in [0.15, 0.2) is 39.0 Å². The third-order valence-corrected chi connectivity index (χ3v) is 6.80. The van der Waals surface area contributed by atoms with E-state index in [0.29, 0.717) is 12.3 Å². The SMILES string of the molecule is O=C(C[C@H]1C[C@H]2CC[C@H]1C2)Nc1ccc(Sc2nncs2)cc1. The number of anilines is 1. The zero-order valence-electron chi connectivity index (χ0n) is 12.8. The van der Waals surface area contributed by atoms with Gasteiger partial charge in [-0.25, -0.2) is 0 Å². The van der Waals surface area contributed by atoms with Crippen molar-refractivity contribution in [2.24, 2.45) is 17.8 Å². The molecule has 0 unspecified atom stereocenters. The van der Waals surface area contributed by atoms with E-state index in [2.05, 4.69) is 15.5 Å². The van der Waals surface area contributed by atoms with E-state index in [-0.39, 0.29) is 5.91 Å². The van der Waals surface area contributed by atoms with E-state index in [1.807, 2.05) is 24.3 Å². The zero-order valence-corrected chi connectivity index (χ0v) is 14.4. The van der Waals surface area contributed by atoms with Gasteiger partial charge in [-0.2, -0.15) is 0 Å². The maximum atomic E-state index is 12.3. The summed E-state index contributed by atoms with van der Waals surface area (Å²) in [7, 11) is 0. The van der Waals surface area contributed by atoms with Crippen molar-refractivity contribution in [3.63, 3.8) is 0 Å². The number of hydrogen-bond donors (Lipinski definition) is 1. The second-order valence-electron chi connectivity index (χ2n) is 6.52. The second-order valence-corrected chi connectivity index (χ2v) is 8.67. The van der Waals surface area contributed by atoms with Crippen molar-refractivity contribution in [2.75, 3.05) is 5.32 Å². The average Bonchev–Trinajstić information content (AvgIpc) is 3.27. The minimum Gasteiger partial charge on any atom is -0.326 e. The van der Waals surface area contributed by atoms with E-state index in [1.54, 1.807) is 17.3 Å². The first-order valence-electron chi connectivity index (χ1n) is 8.10. The maximum absolute atomic E-state index is 12.3. The van der Waals surface area contributed by atoms with Gasteiger partial charge in [-0.1, -0.05) is 29.5 Å². The number of carbonyl (C=O) groups is 1. The van der Waals surface area contributed by atoms with Gasteiger partial charge in [0.25, 0.3) is 0 Å². The number of nitrogens with zero attached hydrogens (tertiary/aromatic N) is 2. The molecule has 2 aromatic rings. The fraction of sp³-hybridized carbons (Fsp3) is 0.471. The van der Waals surface area contributed by atoms with Gasteiger partial charge in [0.2, 0.25) is 5.91 Å². The van der Waals surface area contributed by atoms with Crippen LogP contribution in [0.1, 0.15) is 32.1 Å². The number of carbonyl (C=O) groups excluding carboxylic acids is 1. The quantitative estimate of drug-likeness (QED) is 0.869. The lowest BCUT2D eigenvalue weighted by Gasteiger charge is -2.20. The number of nitrogens with one attached hydrogen (secondary N) is 1. The first-order chi connectivity index (χ1) is 11.3. The lowest BCUT2D eigenvalue weighted by molar-refractivity contribution is -0.117. The second kappa shape index (κ2) is 6.61. The monoisotopic (exact) mass is 345 g/mol. The van der Waals surface area contributed by atoms with E-state index >= 15 is 0 Å². The van der Waals surface area contributed by atoms with Crippen LogP contribution in [0.25, 0.3) is 0 Å². The summed E-state index contributed by atoms with van der Waals surface area (Å²) in [6.07, 6.45) is 6.02. The summed E-state index contributed by atoms with van der Waals surface area (Å²) >= 11 is 3.12. The largest absolute Gasteiger partial charge is 0.326 e. The number of benzene rings is 1.